The van der Waals surface area contributed by atoms with Crippen molar-refractivity contribution in [2.24, 2.45) is 5.92 Å². The lowest BCUT2D eigenvalue weighted by molar-refractivity contribution is -0.146. The molecule has 0 unspecified atom stereocenters. The van der Waals surface area contributed by atoms with Crippen LogP contribution in [0.5, 0.6) is 0 Å². The van der Waals surface area contributed by atoms with E-state index in [9.17, 15) is 19.5 Å². The lowest BCUT2D eigenvalue weighted by Crippen LogP contribution is -2.45. The lowest BCUT2D eigenvalue weighted by atomic mass is 9.96. The fourth-order valence-electron chi connectivity index (χ4n) is 2.65. The molecule has 1 aliphatic heterocycles. The molecule has 0 saturated carbocycles. The van der Waals surface area contributed by atoms with Crippen LogP contribution in [-0.2, 0) is 15.1 Å². The number of anilines is 1. The molecular weight excluding hydrogens is 326 g/mol. The van der Waals surface area contributed by atoms with Gasteiger partial charge >= 0.3 is 12.0 Å². The molecule has 0 atom stereocenters. The van der Waals surface area contributed by atoms with Crippen LogP contribution in [0.4, 0.5) is 10.5 Å². The zero-order valence-corrected chi connectivity index (χ0v) is 15.0. The molecule has 25 heavy (non-hydrogen) atoms. The minimum Gasteiger partial charge on any atom is -0.479 e. The second-order valence-corrected chi connectivity index (χ2v) is 6.97. The Balaban J connectivity index is 1.93. The van der Waals surface area contributed by atoms with Crippen LogP contribution in [0.25, 0.3) is 0 Å². The monoisotopic (exact) mass is 351 g/mol. The van der Waals surface area contributed by atoms with E-state index in [0.717, 1.165) is 0 Å². The molecule has 2 heterocycles. The third-order valence-corrected chi connectivity index (χ3v) is 4.47. The number of aromatic nitrogens is 2. The Morgan fingerprint density at radius 3 is 2.40 bits per heavy atom. The molecule has 3 amide bonds. The maximum atomic E-state index is 12.4. The molecule has 1 aliphatic rings. The van der Waals surface area contributed by atoms with Gasteiger partial charge in [0.2, 0.25) is 5.91 Å². The van der Waals surface area contributed by atoms with E-state index in [2.05, 4.69) is 10.4 Å². The third-order valence-electron chi connectivity index (χ3n) is 4.47. The van der Waals surface area contributed by atoms with Gasteiger partial charge in [0.15, 0.2) is 5.54 Å². The highest BCUT2D eigenvalue weighted by atomic mass is 16.4. The number of carboxylic acids is 1. The summed E-state index contributed by atoms with van der Waals surface area (Å²) < 4.78 is 1.31. The van der Waals surface area contributed by atoms with Gasteiger partial charge in [-0.15, -0.1) is 0 Å². The van der Waals surface area contributed by atoms with Gasteiger partial charge in [0.05, 0.1) is 11.9 Å². The summed E-state index contributed by atoms with van der Waals surface area (Å²) in [5.74, 6) is -1.32. The quantitative estimate of drug-likeness (QED) is 0.842. The van der Waals surface area contributed by atoms with Gasteiger partial charge in [0.25, 0.3) is 0 Å². The van der Waals surface area contributed by atoms with Crippen molar-refractivity contribution in [3.05, 3.63) is 12.4 Å². The SMILES string of the molecule is CN(C)C(=O)N1CCC(C(=O)Nc2cnn(C(C)(C)C(=O)O)c2)CC1. The largest absolute Gasteiger partial charge is 0.479 e. The van der Waals surface area contributed by atoms with Crippen LogP contribution in [0.2, 0.25) is 0 Å². The summed E-state index contributed by atoms with van der Waals surface area (Å²) in [5, 5.41) is 16.0. The molecule has 2 N–H and O–H groups in total. The van der Waals surface area contributed by atoms with E-state index in [1.54, 1.807) is 19.0 Å². The molecule has 9 heteroatoms. The zero-order chi connectivity index (χ0) is 18.8. The summed E-state index contributed by atoms with van der Waals surface area (Å²) in [4.78, 5) is 38.8. The molecule has 0 spiro atoms. The summed E-state index contributed by atoms with van der Waals surface area (Å²) in [6.07, 6.45) is 4.14. The molecule has 138 valence electrons. The van der Waals surface area contributed by atoms with Crippen molar-refractivity contribution >= 4 is 23.6 Å². The molecule has 2 rings (SSSR count). The predicted molar refractivity (Wildman–Crippen MR) is 91.2 cm³/mol. The highest BCUT2D eigenvalue weighted by molar-refractivity contribution is 5.92. The Bertz CT molecular complexity index is 659. The number of nitrogens with zero attached hydrogens (tertiary/aromatic N) is 4. The Morgan fingerprint density at radius 1 is 1.28 bits per heavy atom. The number of rotatable bonds is 4. The van der Waals surface area contributed by atoms with Gasteiger partial charge < -0.3 is 20.2 Å². The summed E-state index contributed by atoms with van der Waals surface area (Å²) in [6, 6.07) is -0.0453. The van der Waals surface area contributed by atoms with Crippen LogP contribution in [0.1, 0.15) is 26.7 Å². The molecular formula is C16H25N5O4. The first-order valence-electron chi connectivity index (χ1n) is 8.18. The minimum atomic E-state index is -1.19. The van der Waals surface area contributed by atoms with Gasteiger partial charge in [-0.2, -0.15) is 5.10 Å². The van der Waals surface area contributed by atoms with Gasteiger partial charge in [-0.05, 0) is 26.7 Å². The highest BCUT2D eigenvalue weighted by Gasteiger charge is 2.31. The maximum Gasteiger partial charge on any atom is 0.331 e. The first kappa shape index (κ1) is 18.8. The van der Waals surface area contributed by atoms with Gasteiger partial charge in [-0.25, -0.2) is 9.59 Å². The van der Waals surface area contributed by atoms with Crippen LogP contribution >= 0.6 is 0 Å². The molecule has 1 saturated heterocycles. The van der Waals surface area contributed by atoms with Gasteiger partial charge in [0, 0.05) is 39.3 Å². The molecule has 9 nitrogen and oxygen atoms in total. The van der Waals surface area contributed by atoms with Crippen molar-refractivity contribution in [1.29, 1.82) is 0 Å². The average molecular weight is 351 g/mol. The van der Waals surface area contributed by atoms with E-state index in [-0.39, 0.29) is 17.9 Å². The Labute approximate surface area is 146 Å². The second-order valence-electron chi connectivity index (χ2n) is 6.97. The van der Waals surface area contributed by atoms with E-state index in [0.29, 0.717) is 31.6 Å². The predicted octanol–water partition coefficient (Wildman–Crippen LogP) is 1.03. The number of likely N-dealkylation sites (tertiary alicyclic amines) is 1. The van der Waals surface area contributed by atoms with Crippen LogP contribution < -0.4 is 5.32 Å². The number of urea groups is 1. The lowest BCUT2D eigenvalue weighted by Gasteiger charge is -2.32. The topological polar surface area (TPSA) is 108 Å². The standard InChI is InChI=1S/C16H25N5O4/c1-16(2,14(23)24)21-10-12(9-17-21)18-13(22)11-5-7-20(8-6-11)15(25)19(3)4/h9-11H,5-8H2,1-4H3,(H,18,22)(H,23,24). The first-order valence-corrected chi connectivity index (χ1v) is 8.18. The van der Waals surface area contributed by atoms with Crippen molar-refractivity contribution in [2.75, 3.05) is 32.5 Å². The minimum absolute atomic E-state index is 0.0453. The normalized spacial score (nSPS) is 15.8. The summed E-state index contributed by atoms with van der Waals surface area (Å²) in [6.45, 7) is 4.15. The summed E-state index contributed by atoms with van der Waals surface area (Å²) in [7, 11) is 3.41. The van der Waals surface area contributed by atoms with E-state index in [4.69, 9.17) is 0 Å². The number of nitrogens with one attached hydrogen (secondary N) is 1. The van der Waals surface area contributed by atoms with Crippen molar-refractivity contribution in [3.8, 4) is 0 Å². The van der Waals surface area contributed by atoms with E-state index in [1.165, 1.54) is 35.8 Å². The summed E-state index contributed by atoms with van der Waals surface area (Å²) >= 11 is 0. The fourth-order valence-corrected chi connectivity index (χ4v) is 2.65. The first-order chi connectivity index (χ1) is 11.6. The maximum absolute atomic E-state index is 12.4. The Morgan fingerprint density at radius 2 is 1.88 bits per heavy atom. The van der Waals surface area contributed by atoms with Crippen molar-refractivity contribution in [1.82, 2.24) is 19.6 Å². The number of piperidine rings is 1. The molecule has 0 radical (unpaired) electrons. The second kappa shape index (κ2) is 7.12. The van der Waals surface area contributed by atoms with Gasteiger partial charge in [-0.1, -0.05) is 0 Å². The van der Waals surface area contributed by atoms with Crippen LogP contribution in [0.3, 0.4) is 0 Å². The van der Waals surface area contributed by atoms with Gasteiger partial charge in [0.1, 0.15) is 0 Å². The molecule has 1 aromatic heterocycles. The molecule has 0 aliphatic carbocycles. The zero-order valence-electron chi connectivity index (χ0n) is 15.0. The smallest absolute Gasteiger partial charge is 0.331 e. The van der Waals surface area contributed by atoms with Crippen LogP contribution in [0.15, 0.2) is 12.4 Å². The Hall–Kier alpha value is -2.58. The molecule has 0 aromatic carbocycles. The van der Waals surface area contributed by atoms with E-state index < -0.39 is 11.5 Å². The number of amides is 3. The van der Waals surface area contributed by atoms with Crippen molar-refractivity contribution in [2.45, 2.75) is 32.2 Å². The Kier molecular flexibility index (Phi) is 5.34. The number of hydrogen-bond acceptors (Lipinski definition) is 4. The third kappa shape index (κ3) is 4.09. The number of aliphatic carboxylic acids is 1. The highest BCUT2D eigenvalue weighted by Crippen LogP contribution is 2.21. The van der Waals surface area contributed by atoms with Crippen LogP contribution in [0, 0.1) is 5.92 Å². The van der Waals surface area contributed by atoms with E-state index >= 15 is 0 Å². The average Bonchev–Trinajstić information content (AvgIpc) is 3.03. The van der Waals surface area contributed by atoms with Gasteiger partial charge in [-0.3, -0.25) is 9.48 Å². The number of carbonyl (C=O) groups excluding carboxylic acids is 2. The van der Waals surface area contributed by atoms with Crippen molar-refractivity contribution < 1.29 is 19.5 Å². The number of carboxylic acid groups (broad SMARTS) is 1. The van der Waals surface area contributed by atoms with Crippen molar-refractivity contribution in [3.63, 3.8) is 0 Å². The summed E-state index contributed by atoms with van der Waals surface area (Å²) in [5.41, 5.74) is -0.730. The fraction of sp³-hybridized carbons (Fsp3) is 0.625. The number of hydrogen-bond donors (Lipinski definition) is 2. The number of carbonyl (C=O) groups is 3. The molecule has 1 aromatic rings. The van der Waals surface area contributed by atoms with Crippen LogP contribution in [-0.4, -0.2) is 69.8 Å². The molecule has 1 fully saturated rings. The van der Waals surface area contributed by atoms with E-state index in [1.807, 2.05) is 0 Å². The molecule has 0 bridgehead atoms.